The lowest BCUT2D eigenvalue weighted by Gasteiger charge is -2.35. The quantitative estimate of drug-likeness (QED) is 0.323. The zero-order valence-electron chi connectivity index (χ0n) is 19.7. The van der Waals surface area contributed by atoms with Crippen LogP contribution in [0.4, 0.5) is 4.39 Å². The molecule has 1 saturated heterocycles. The topological polar surface area (TPSA) is 68.5 Å². The number of ether oxygens (including phenoxy) is 1. The second-order valence-corrected chi connectivity index (χ2v) is 9.80. The molecule has 1 amide bonds. The molecule has 1 aliphatic heterocycles. The number of likely N-dealkylation sites (tertiary alicyclic amines) is 1. The van der Waals surface area contributed by atoms with Crippen molar-refractivity contribution < 1.29 is 18.3 Å². The number of halogens is 1. The van der Waals surface area contributed by atoms with Gasteiger partial charge >= 0.3 is 0 Å². The highest BCUT2D eigenvalue weighted by Crippen LogP contribution is 2.34. The van der Waals surface area contributed by atoms with Crippen LogP contribution in [-0.4, -0.2) is 40.5 Å². The van der Waals surface area contributed by atoms with Crippen LogP contribution in [0, 0.1) is 12.7 Å². The summed E-state index contributed by atoms with van der Waals surface area (Å²) < 4.78 is 24.7. The molecule has 0 spiro atoms. The minimum absolute atomic E-state index is 0.0384. The van der Waals surface area contributed by atoms with E-state index in [4.69, 9.17) is 14.1 Å². The van der Waals surface area contributed by atoms with Crippen molar-refractivity contribution in [1.82, 2.24) is 14.9 Å². The van der Waals surface area contributed by atoms with Gasteiger partial charge in [0.25, 0.3) is 5.91 Å². The van der Waals surface area contributed by atoms with Crippen molar-refractivity contribution >= 4 is 17.2 Å². The summed E-state index contributed by atoms with van der Waals surface area (Å²) in [6.45, 7) is 2.54. The predicted molar refractivity (Wildman–Crippen MR) is 133 cm³/mol. The van der Waals surface area contributed by atoms with Crippen molar-refractivity contribution in [2.24, 2.45) is 0 Å². The summed E-state index contributed by atoms with van der Waals surface area (Å²) in [5.41, 5.74) is 2.79. The predicted octanol–water partition coefficient (Wildman–Crippen LogP) is 6.16. The van der Waals surface area contributed by atoms with E-state index in [1.807, 2.05) is 36.1 Å². The van der Waals surface area contributed by atoms with Gasteiger partial charge in [-0.3, -0.25) is 4.79 Å². The van der Waals surface area contributed by atoms with Crippen LogP contribution in [0.5, 0.6) is 5.75 Å². The summed E-state index contributed by atoms with van der Waals surface area (Å²) >= 11 is 1.45. The fourth-order valence-corrected chi connectivity index (χ4v) is 5.49. The summed E-state index contributed by atoms with van der Waals surface area (Å²) in [6.07, 6.45) is 5.01. The number of amides is 1. The number of rotatable bonds is 6. The number of piperidine rings is 1. The summed E-state index contributed by atoms with van der Waals surface area (Å²) in [4.78, 5) is 25.6. The molecule has 5 rings (SSSR count). The van der Waals surface area contributed by atoms with E-state index in [1.54, 1.807) is 25.5 Å². The average molecular weight is 492 g/mol. The maximum Gasteiger partial charge on any atom is 0.274 e. The Balaban J connectivity index is 1.39. The van der Waals surface area contributed by atoms with Crippen molar-refractivity contribution in [1.29, 1.82) is 0 Å². The fourth-order valence-electron chi connectivity index (χ4n) is 4.57. The Kier molecular flexibility index (Phi) is 6.63. The molecule has 2 aromatic carbocycles. The number of hydrogen-bond acceptors (Lipinski definition) is 6. The van der Waals surface area contributed by atoms with E-state index in [1.165, 1.54) is 23.5 Å². The van der Waals surface area contributed by atoms with E-state index in [0.717, 1.165) is 46.0 Å². The van der Waals surface area contributed by atoms with Gasteiger partial charge in [-0.05, 0) is 56.0 Å². The third-order valence-corrected chi connectivity index (χ3v) is 7.30. The van der Waals surface area contributed by atoms with Crippen molar-refractivity contribution in [3.05, 3.63) is 77.2 Å². The van der Waals surface area contributed by atoms with Gasteiger partial charge in [0, 0.05) is 24.6 Å². The number of para-hydroxylation sites is 1. The number of aromatic nitrogens is 2. The standard InChI is InChI=1S/C27H26FN3O3S/c1-17-29-25(26(35-17)18-10-12-19(28)13-11-18)27(32)31-14-6-5-7-20(31)15-24-30-22(16-34-24)21-8-3-4-9-23(21)33-2/h3-4,8-13,16,20H,5-7,14-15H2,1-2H3. The summed E-state index contributed by atoms with van der Waals surface area (Å²) in [5.74, 6) is 0.908. The van der Waals surface area contributed by atoms with Crippen LogP contribution >= 0.6 is 11.3 Å². The van der Waals surface area contributed by atoms with Crippen LogP contribution in [0.1, 0.15) is 40.6 Å². The number of thiazole rings is 1. The zero-order chi connectivity index (χ0) is 24.4. The van der Waals surface area contributed by atoms with E-state index in [0.29, 0.717) is 30.2 Å². The molecule has 1 unspecified atom stereocenters. The third kappa shape index (κ3) is 4.84. The van der Waals surface area contributed by atoms with Crippen LogP contribution < -0.4 is 4.74 Å². The molecular formula is C27H26FN3O3S. The molecule has 6 nitrogen and oxygen atoms in total. The molecule has 1 aliphatic rings. The van der Waals surface area contributed by atoms with Gasteiger partial charge in [0.05, 0.1) is 17.0 Å². The molecule has 0 bridgehead atoms. The van der Waals surface area contributed by atoms with Crippen LogP contribution in [-0.2, 0) is 6.42 Å². The SMILES string of the molecule is COc1ccccc1-c1coc(CC2CCCCN2C(=O)c2nc(C)sc2-c2ccc(F)cc2)n1. The lowest BCUT2D eigenvalue weighted by atomic mass is 9.98. The van der Waals surface area contributed by atoms with Gasteiger partial charge < -0.3 is 14.1 Å². The molecule has 1 fully saturated rings. The first-order chi connectivity index (χ1) is 17.0. The number of aryl methyl sites for hydroxylation is 1. The van der Waals surface area contributed by atoms with Gasteiger partial charge in [-0.2, -0.15) is 0 Å². The van der Waals surface area contributed by atoms with Gasteiger partial charge in [0.15, 0.2) is 5.89 Å². The largest absolute Gasteiger partial charge is 0.496 e. The molecule has 3 heterocycles. The zero-order valence-corrected chi connectivity index (χ0v) is 20.5. The number of hydrogen-bond donors (Lipinski definition) is 0. The minimum Gasteiger partial charge on any atom is -0.496 e. The van der Waals surface area contributed by atoms with E-state index >= 15 is 0 Å². The van der Waals surface area contributed by atoms with Crippen LogP contribution in [0.3, 0.4) is 0 Å². The van der Waals surface area contributed by atoms with Crippen LogP contribution in [0.2, 0.25) is 0 Å². The fraction of sp³-hybridized carbons (Fsp3) is 0.296. The molecule has 0 N–H and O–H groups in total. The van der Waals surface area contributed by atoms with Gasteiger partial charge in [-0.1, -0.05) is 24.3 Å². The number of oxazole rings is 1. The molecular weight excluding hydrogens is 465 g/mol. The lowest BCUT2D eigenvalue weighted by Crippen LogP contribution is -2.45. The molecule has 8 heteroatoms. The first-order valence-corrected chi connectivity index (χ1v) is 12.5. The monoisotopic (exact) mass is 491 g/mol. The summed E-state index contributed by atoms with van der Waals surface area (Å²) in [5, 5.41) is 0.801. The van der Waals surface area contributed by atoms with E-state index < -0.39 is 0 Å². The Bertz CT molecular complexity index is 1330. The van der Waals surface area contributed by atoms with Crippen LogP contribution in [0.15, 0.2) is 59.2 Å². The maximum atomic E-state index is 13.7. The molecule has 0 aliphatic carbocycles. The summed E-state index contributed by atoms with van der Waals surface area (Å²) in [7, 11) is 1.63. The smallest absolute Gasteiger partial charge is 0.274 e. The minimum atomic E-state index is -0.308. The first kappa shape index (κ1) is 23.2. The molecule has 2 aromatic heterocycles. The highest BCUT2D eigenvalue weighted by molar-refractivity contribution is 7.15. The number of methoxy groups -OCH3 is 1. The normalized spacial score (nSPS) is 15.9. The highest BCUT2D eigenvalue weighted by atomic mass is 32.1. The maximum absolute atomic E-state index is 13.7. The van der Waals surface area contributed by atoms with Crippen molar-refractivity contribution in [2.75, 3.05) is 13.7 Å². The Morgan fingerprint density at radius 2 is 1.97 bits per heavy atom. The van der Waals surface area contributed by atoms with Crippen molar-refractivity contribution in [3.63, 3.8) is 0 Å². The van der Waals surface area contributed by atoms with Crippen molar-refractivity contribution in [3.8, 4) is 27.4 Å². The second kappa shape index (κ2) is 10.00. The van der Waals surface area contributed by atoms with Gasteiger partial charge in [0.2, 0.25) is 0 Å². The summed E-state index contributed by atoms with van der Waals surface area (Å²) in [6, 6.07) is 13.8. The number of carbonyl (C=O) groups is 1. The van der Waals surface area contributed by atoms with Gasteiger partial charge in [-0.15, -0.1) is 11.3 Å². The highest BCUT2D eigenvalue weighted by Gasteiger charge is 2.32. The van der Waals surface area contributed by atoms with Crippen LogP contribution in [0.25, 0.3) is 21.7 Å². The van der Waals surface area contributed by atoms with E-state index in [2.05, 4.69) is 4.98 Å². The Morgan fingerprint density at radius 3 is 2.77 bits per heavy atom. The first-order valence-electron chi connectivity index (χ1n) is 11.7. The average Bonchev–Trinajstić information content (AvgIpc) is 3.51. The molecule has 0 saturated carbocycles. The number of nitrogens with zero attached hydrogens (tertiary/aromatic N) is 3. The number of carbonyl (C=O) groups excluding carboxylic acids is 1. The molecule has 0 radical (unpaired) electrons. The molecule has 180 valence electrons. The third-order valence-electron chi connectivity index (χ3n) is 6.28. The molecule has 35 heavy (non-hydrogen) atoms. The molecule has 1 atom stereocenters. The lowest BCUT2D eigenvalue weighted by molar-refractivity contribution is 0.0601. The molecule has 4 aromatic rings. The Morgan fingerprint density at radius 1 is 1.17 bits per heavy atom. The Labute approximate surface area is 207 Å². The van der Waals surface area contributed by atoms with Gasteiger partial charge in [-0.25, -0.2) is 14.4 Å². The van der Waals surface area contributed by atoms with E-state index in [9.17, 15) is 9.18 Å². The Hall–Kier alpha value is -3.52. The van der Waals surface area contributed by atoms with Gasteiger partial charge in [0.1, 0.15) is 29.2 Å². The van der Waals surface area contributed by atoms with Crippen molar-refractivity contribution in [2.45, 2.75) is 38.6 Å². The number of benzene rings is 2. The second-order valence-electron chi connectivity index (χ2n) is 8.60. The van der Waals surface area contributed by atoms with E-state index in [-0.39, 0.29) is 17.8 Å².